The largest absolute Gasteiger partial charge is 0.482 e. The minimum absolute atomic E-state index is 0.00868. The molecule has 0 bridgehead atoms. The van der Waals surface area contributed by atoms with Gasteiger partial charge in [0.1, 0.15) is 5.75 Å². The van der Waals surface area contributed by atoms with Gasteiger partial charge in [-0.1, -0.05) is 40.2 Å². The zero-order valence-electron chi connectivity index (χ0n) is 12.6. The first-order chi connectivity index (χ1) is 11.3. The van der Waals surface area contributed by atoms with Gasteiger partial charge >= 0.3 is 6.18 Å². The smallest absolute Gasteiger partial charge is 0.422 e. The quantitative estimate of drug-likeness (QED) is 0.742. The number of alkyl halides is 3. The second-order valence-electron chi connectivity index (χ2n) is 5.08. The number of hydrogen-bond acceptors (Lipinski definition) is 2. The molecule has 2 rings (SSSR count). The van der Waals surface area contributed by atoms with E-state index in [4.69, 9.17) is 4.74 Å². The summed E-state index contributed by atoms with van der Waals surface area (Å²) < 4.78 is 42.4. The van der Waals surface area contributed by atoms with Crippen molar-refractivity contribution in [1.29, 1.82) is 0 Å². The van der Waals surface area contributed by atoms with Crippen LogP contribution in [-0.2, 0) is 11.2 Å². The van der Waals surface area contributed by atoms with Crippen LogP contribution in [0.5, 0.6) is 5.75 Å². The summed E-state index contributed by atoms with van der Waals surface area (Å²) in [5, 5.41) is 2.59. The van der Waals surface area contributed by atoms with Crippen molar-refractivity contribution < 1.29 is 22.7 Å². The van der Waals surface area contributed by atoms with Crippen molar-refractivity contribution in [1.82, 2.24) is 0 Å². The maximum Gasteiger partial charge on any atom is 0.422 e. The Balaban J connectivity index is 1.94. The standard InChI is InChI=1S/C17H15BrF3NO2/c18-13-5-3-4-12(10-13)8-9-16(23)22-14-6-1-2-7-15(14)24-11-17(19,20)21/h1-7,10H,8-9,11H2,(H,22,23). The molecule has 0 spiro atoms. The Bertz CT molecular complexity index is 704. The molecule has 1 N–H and O–H groups in total. The number of benzene rings is 2. The Morgan fingerprint density at radius 2 is 1.88 bits per heavy atom. The van der Waals surface area contributed by atoms with Gasteiger partial charge in [0.2, 0.25) is 5.91 Å². The SMILES string of the molecule is O=C(CCc1cccc(Br)c1)Nc1ccccc1OCC(F)(F)F. The first-order valence-electron chi connectivity index (χ1n) is 7.16. The average Bonchev–Trinajstić information content (AvgIpc) is 2.51. The second-order valence-corrected chi connectivity index (χ2v) is 5.99. The van der Waals surface area contributed by atoms with Crippen molar-refractivity contribution in [2.24, 2.45) is 0 Å². The van der Waals surface area contributed by atoms with Crippen LogP contribution in [0.2, 0.25) is 0 Å². The summed E-state index contributed by atoms with van der Waals surface area (Å²) in [7, 11) is 0. The molecule has 0 aliphatic heterocycles. The predicted molar refractivity (Wildman–Crippen MR) is 89.1 cm³/mol. The molecule has 0 aromatic heterocycles. The van der Waals surface area contributed by atoms with Crippen LogP contribution in [0.4, 0.5) is 18.9 Å². The van der Waals surface area contributed by atoms with Crippen molar-refractivity contribution in [3.05, 3.63) is 58.6 Å². The van der Waals surface area contributed by atoms with Gasteiger partial charge in [0.05, 0.1) is 5.69 Å². The number of halogens is 4. The number of carbonyl (C=O) groups is 1. The molecule has 2 aromatic rings. The fourth-order valence-corrected chi connectivity index (χ4v) is 2.47. The lowest BCUT2D eigenvalue weighted by Crippen LogP contribution is -2.20. The van der Waals surface area contributed by atoms with E-state index < -0.39 is 12.8 Å². The Morgan fingerprint density at radius 3 is 2.58 bits per heavy atom. The summed E-state index contributed by atoms with van der Waals surface area (Å²) in [4.78, 5) is 12.0. The van der Waals surface area contributed by atoms with Crippen LogP contribution >= 0.6 is 15.9 Å². The zero-order valence-corrected chi connectivity index (χ0v) is 14.2. The molecule has 1 amide bonds. The molecule has 0 atom stereocenters. The molecular weight excluding hydrogens is 387 g/mol. The van der Waals surface area contributed by atoms with Crippen LogP contribution in [0.3, 0.4) is 0 Å². The summed E-state index contributed by atoms with van der Waals surface area (Å²) in [6, 6.07) is 13.6. The molecule has 0 aliphatic carbocycles. The number of hydrogen-bond donors (Lipinski definition) is 1. The second kappa shape index (κ2) is 8.19. The highest BCUT2D eigenvalue weighted by Gasteiger charge is 2.28. The number of ether oxygens (including phenoxy) is 1. The van der Waals surface area contributed by atoms with E-state index in [1.165, 1.54) is 12.1 Å². The third-order valence-corrected chi connectivity index (χ3v) is 3.58. The molecule has 24 heavy (non-hydrogen) atoms. The van der Waals surface area contributed by atoms with Gasteiger partial charge in [0.15, 0.2) is 6.61 Å². The van der Waals surface area contributed by atoms with E-state index in [-0.39, 0.29) is 23.8 Å². The van der Waals surface area contributed by atoms with Gasteiger partial charge in [-0.3, -0.25) is 4.79 Å². The summed E-state index contributed by atoms with van der Waals surface area (Å²) in [5.41, 5.74) is 1.21. The van der Waals surface area contributed by atoms with Crippen molar-refractivity contribution in [2.45, 2.75) is 19.0 Å². The zero-order chi connectivity index (χ0) is 17.6. The Morgan fingerprint density at radius 1 is 1.12 bits per heavy atom. The molecule has 2 aromatic carbocycles. The number of rotatable bonds is 6. The molecule has 3 nitrogen and oxygen atoms in total. The van der Waals surface area contributed by atoms with Gasteiger partial charge in [0.25, 0.3) is 0 Å². The first kappa shape index (κ1) is 18.3. The maximum atomic E-state index is 12.3. The van der Waals surface area contributed by atoms with E-state index in [1.807, 2.05) is 24.3 Å². The van der Waals surface area contributed by atoms with Crippen molar-refractivity contribution >= 4 is 27.5 Å². The van der Waals surface area contributed by atoms with Crippen LogP contribution in [-0.4, -0.2) is 18.7 Å². The molecule has 0 saturated heterocycles. The van der Waals surface area contributed by atoms with E-state index in [0.717, 1.165) is 10.0 Å². The highest BCUT2D eigenvalue weighted by Crippen LogP contribution is 2.26. The Labute approximate surface area is 146 Å². The lowest BCUT2D eigenvalue weighted by Gasteiger charge is -2.13. The molecular formula is C17H15BrF3NO2. The Kier molecular flexibility index (Phi) is 6.25. The molecule has 0 heterocycles. The monoisotopic (exact) mass is 401 g/mol. The number of carbonyl (C=O) groups excluding carboxylic acids is 1. The molecule has 0 aliphatic rings. The van der Waals surface area contributed by atoms with E-state index in [1.54, 1.807) is 12.1 Å². The molecule has 7 heteroatoms. The molecule has 0 unspecified atom stereocenters. The molecule has 0 saturated carbocycles. The predicted octanol–water partition coefficient (Wildman–Crippen LogP) is 4.96. The highest BCUT2D eigenvalue weighted by molar-refractivity contribution is 9.10. The van der Waals surface area contributed by atoms with Crippen molar-refractivity contribution in [3.8, 4) is 5.75 Å². The van der Waals surface area contributed by atoms with Crippen LogP contribution in [0, 0.1) is 0 Å². The van der Waals surface area contributed by atoms with Gasteiger partial charge < -0.3 is 10.1 Å². The fourth-order valence-electron chi connectivity index (χ4n) is 2.02. The van der Waals surface area contributed by atoms with E-state index in [2.05, 4.69) is 21.2 Å². The Hall–Kier alpha value is -2.02. The minimum Gasteiger partial charge on any atom is -0.482 e. The summed E-state index contributed by atoms with van der Waals surface area (Å²) in [6.07, 6.45) is -3.70. The minimum atomic E-state index is -4.43. The van der Waals surface area contributed by atoms with Crippen LogP contribution < -0.4 is 10.1 Å². The van der Waals surface area contributed by atoms with Crippen molar-refractivity contribution in [3.63, 3.8) is 0 Å². The molecule has 128 valence electrons. The summed E-state index contributed by atoms with van der Waals surface area (Å²) in [6.45, 7) is -1.40. The normalized spacial score (nSPS) is 11.2. The van der Waals surface area contributed by atoms with E-state index in [9.17, 15) is 18.0 Å². The fraction of sp³-hybridized carbons (Fsp3) is 0.235. The highest BCUT2D eigenvalue weighted by atomic mass is 79.9. The van der Waals surface area contributed by atoms with Crippen molar-refractivity contribution in [2.75, 3.05) is 11.9 Å². The van der Waals surface area contributed by atoms with Crippen LogP contribution in [0.25, 0.3) is 0 Å². The number of anilines is 1. The number of nitrogens with one attached hydrogen (secondary N) is 1. The third kappa shape index (κ3) is 6.23. The van der Waals surface area contributed by atoms with Crippen LogP contribution in [0.1, 0.15) is 12.0 Å². The molecule has 0 fully saturated rings. The number of amides is 1. The number of para-hydroxylation sites is 2. The van der Waals surface area contributed by atoms with Gasteiger partial charge in [0, 0.05) is 10.9 Å². The van der Waals surface area contributed by atoms with Gasteiger partial charge in [-0.15, -0.1) is 0 Å². The van der Waals surface area contributed by atoms with E-state index >= 15 is 0 Å². The van der Waals surface area contributed by atoms with Crippen LogP contribution in [0.15, 0.2) is 53.0 Å². The van der Waals surface area contributed by atoms with Gasteiger partial charge in [-0.2, -0.15) is 13.2 Å². The summed E-state index contributed by atoms with van der Waals surface area (Å²) in [5.74, 6) is -0.302. The summed E-state index contributed by atoms with van der Waals surface area (Å²) >= 11 is 3.36. The number of aryl methyl sites for hydroxylation is 1. The van der Waals surface area contributed by atoms with Gasteiger partial charge in [-0.25, -0.2) is 0 Å². The topological polar surface area (TPSA) is 38.3 Å². The van der Waals surface area contributed by atoms with E-state index in [0.29, 0.717) is 6.42 Å². The van der Waals surface area contributed by atoms with Gasteiger partial charge in [-0.05, 0) is 36.2 Å². The lowest BCUT2D eigenvalue weighted by atomic mass is 10.1. The third-order valence-electron chi connectivity index (χ3n) is 3.08. The maximum absolute atomic E-state index is 12.3. The molecule has 0 radical (unpaired) electrons. The first-order valence-corrected chi connectivity index (χ1v) is 7.96. The lowest BCUT2D eigenvalue weighted by molar-refractivity contribution is -0.153. The average molecular weight is 402 g/mol.